The lowest BCUT2D eigenvalue weighted by atomic mass is 9.99. The summed E-state index contributed by atoms with van der Waals surface area (Å²) in [7, 11) is 0. The van der Waals surface area contributed by atoms with Gasteiger partial charge in [0.25, 0.3) is 5.91 Å². The van der Waals surface area contributed by atoms with Gasteiger partial charge in [0.15, 0.2) is 0 Å². The maximum absolute atomic E-state index is 12.7. The second kappa shape index (κ2) is 5.41. The Morgan fingerprint density at radius 3 is 2.85 bits per heavy atom. The molecule has 0 saturated carbocycles. The minimum atomic E-state index is 0.0666. The molecule has 1 saturated heterocycles. The van der Waals surface area contributed by atoms with E-state index in [0.717, 1.165) is 30.3 Å². The number of benzene rings is 1. The summed E-state index contributed by atoms with van der Waals surface area (Å²) in [6.45, 7) is 3.85. The van der Waals surface area contributed by atoms with E-state index in [-0.39, 0.29) is 5.91 Å². The number of carbonyl (C=O) groups is 1. The highest BCUT2D eigenvalue weighted by atomic mass is 35.5. The van der Waals surface area contributed by atoms with Gasteiger partial charge in [0.1, 0.15) is 5.15 Å². The summed E-state index contributed by atoms with van der Waals surface area (Å²) in [4.78, 5) is 18.8. The summed E-state index contributed by atoms with van der Waals surface area (Å²) in [5, 5.41) is 2.17. The van der Waals surface area contributed by atoms with Crippen LogP contribution in [0.15, 0.2) is 30.5 Å². The summed E-state index contributed by atoms with van der Waals surface area (Å²) in [6, 6.07) is 7.67. The standard InChI is InChI=1S/C16H17ClN2O/c1-11-5-4-8-19(10-11)16(20)14-9-18-15(17)13-7-3-2-6-12(13)14/h2-3,6-7,9,11H,4-5,8,10H2,1H3. The average Bonchev–Trinajstić information content (AvgIpc) is 2.47. The Bertz CT molecular complexity index is 656. The van der Waals surface area contributed by atoms with Crippen LogP contribution in [-0.2, 0) is 0 Å². The van der Waals surface area contributed by atoms with Crippen molar-refractivity contribution in [3.05, 3.63) is 41.2 Å². The molecule has 0 spiro atoms. The van der Waals surface area contributed by atoms with Crippen LogP contribution >= 0.6 is 11.6 Å². The third kappa shape index (κ3) is 2.38. The predicted molar refractivity (Wildman–Crippen MR) is 81.1 cm³/mol. The van der Waals surface area contributed by atoms with Crippen molar-refractivity contribution in [3.8, 4) is 0 Å². The number of pyridine rings is 1. The fraction of sp³-hybridized carbons (Fsp3) is 0.375. The number of nitrogens with zero attached hydrogens (tertiary/aromatic N) is 2. The molecule has 3 rings (SSSR count). The van der Waals surface area contributed by atoms with E-state index in [2.05, 4.69) is 11.9 Å². The van der Waals surface area contributed by atoms with E-state index in [4.69, 9.17) is 11.6 Å². The lowest BCUT2D eigenvalue weighted by molar-refractivity contribution is 0.0684. The number of carbonyl (C=O) groups excluding carboxylic acids is 1. The highest BCUT2D eigenvalue weighted by Gasteiger charge is 2.23. The number of hydrogen-bond acceptors (Lipinski definition) is 2. The number of halogens is 1. The van der Waals surface area contributed by atoms with Crippen molar-refractivity contribution in [2.45, 2.75) is 19.8 Å². The first kappa shape index (κ1) is 13.4. The largest absolute Gasteiger partial charge is 0.338 e. The monoisotopic (exact) mass is 288 g/mol. The molecule has 3 nitrogen and oxygen atoms in total. The molecule has 0 radical (unpaired) electrons. The van der Waals surface area contributed by atoms with Crippen LogP contribution in [0.4, 0.5) is 0 Å². The number of likely N-dealkylation sites (tertiary alicyclic amines) is 1. The van der Waals surface area contributed by atoms with Crippen molar-refractivity contribution in [2.75, 3.05) is 13.1 Å². The Balaban J connectivity index is 2.01. The minimum absolute atomic E-state index is 0.0666. The highest BCUT2D eigenvalue weighted by molar-refractivity contribution is 6.34. The molecule has 4 heteroatoms. The molecule has 2 aromatic rings. The predicted octanol–water partition coefficient (Wildman–Crippen LogP) is 3.76. The van der Waals surface area contributed by atoms with E-state index in [0.29, 0.717) is 16.6 Å². The van der Waals surface area contributed by atoms with Gasteiger partial charge in [-0.1, -0.05) is 42.8 Å². The molecule has 1 aromatic carbocycles. The average molecular weight is 289 g/mol. The highest BCUT2D eigenvalue weighted by Crippen LogP contribution is 2.26. The summed E-state index contributed by atoms with van der Waals surface area (Å²) >= 11 is 6.11. The third-order valence-electron chi connectivity index (χ3n) is 3.92. The molecule has 104 valence electrons. The first-order valence-electron chi connectivity index (χ1n) is 6.99. The summed E-state index contributed by atoms with van der Waals surface area (Å²) in [5.74, 6) is 0.635. The zero-order chi connectivity index (χ0) is 14.1. The number of hydrogen-bond donors (Lipinski definition) is 0. The van der Waals surface area contributed by atoms with E-state index in [1.54, 1.807) is 6.20 Å². The molecule has 20 heavy (non-hydrogen) atoms. The Morgan fingerprint density at radius 1 is 1.35 bits per heavy atom. The molecule has 1 aromatic heterocycles. The summed E-state index contributed by atoms with van der Waals surface area (Å²) in [5.41, 5.74) is 0.652. The normalized spacial score (nSPS) is 19.3. The number of piperidine rings is 1. The van der Waals surface area contributed by atoms with Crippen LogP contribution in [0.1, 0.15) is 30.1 Å². The molecular weight excluding hydrogens is 272 g/mol. The first-order valence-corrected chi connectivity index (χ1v) is 7.37. The van der Waals surface area contributed by atoms with Crippen molar-refractivity contribution in [1.29, 1.82) is 0 Å². The second-order valence-electron chi connectivity index (χ2n) is 5.51. The van der Waals surface area contributed by atoms with Crippen molar-refractivity contribution in [1.82, 2.24) is 9.88 Å². The maximum Gasteiger partial charge on any atom is 0.256 e. The SMILES string of the molecule is CC1CCCN(C(=O)c2cnc(Cl)c3ccccc23)C1. The summed E-state index contributed by atoms with van der Waals surface area (Å²) in [6.07, 6.45) is 3.88. The van der Waals surface area contributed by atoms with Crippen LogP contribution < -0.4 is 0 Å². The van der Waals surface area contributed by atoms with Crippen LogP contribution in [-0.4, -0.2) is 28.9 Å². The van der Waals surface area contributed by atoms with Gasteiger partial charge in [-0.05, 0) is 24.1 Å². The molecule has 1 unspecified atom stereocenters. The fourth-order valence-electron chi connectivity index (χ4n) is 2.87. The molecule has 0 bridgehead atoms. The molecule has 0 N–H and O–H groups in total. The number of rotatable bonds is 1. The number of aromatic nitrogens is 1. The van der Waals surface area contributed by atoms with Crippen molar-refractivity contribution in [2.24, 2.45) is 5.92 Å². The van der Waals surface area contributed by atoms with Gasteiger partial charge in [-0.3, -0.25) is 4.79 Å². The number of fused-ring (bicyclic) bond motifs is 1. The molecule has 0 aliphatic carbocycles. The quantitative estimate of drug-likeness (QED) is 0.749. The van der Waals surface area contributed by atoms with Gasteiger partial charge in [-0.2, -0.15) is 0 Å². The van der Waals surface area contributed by atoms with Crippen LogP contribution in [0.2, 0.25) is 5.15 Å². The van der Waals surface area contributed by atoms with E-state index in [9.17, 15) is 4.79 Å². The van der Waals surface area contributed by atoms with Gasteiger partial charge < -0.3 is 4.90 Å². The van der Waals surface area contributed by atoms with E-state index < -0.39 is 0 Å². The first-order chi connectivity index (χ1) is 9.66. The minimum Gasteiger partial charge on any atom is -0.338 e. The van der Waals surface area contributed by atoms with Crippen molar-refractivity contribution < 1.29 is 4.79 Å². The van der Waals surface area contributed by atoms with Crippen molar-refractivity contribution in [3.63, 3.8) is 0 Å². The molecule has 2 heterocycles. The van der Waals surface area contributed by atoms with Gasteiger partial charge in [-0.25, -0.2) is 4.98 Å². The van der Waals surface area contributed by atoms with Gasteiger partial charge >= 0.3 is 0 Å². The van der Waals surface area contributed by atoms with Crippen LogP contribution in [0.3, 0.4) is 0 Å². The van der Waals surface area contributed by atoms with Gasteiger partial charge in [-0.15, -0.1) is 0 Å². The third-order valence-corrected chi connectivity index (χ3v) is 4.22. The molecule has 1 fully saturated rings. The van der Waals surface area contributed by atoms with E-state index in [1.807, 2.05) is 29.2 Å². The maximum atomic E-state index is 12.7. The van der Waals surface area contributed by atoms with Crippen LogP contribution in [0.5, 0.6) is 0 Å². The van der Waals surface area contributed by atoms with E-state index >= 15 is 0 Å². The van der Waals surface area contributed by atoms with Gasteiger partial charge in [0.2, 0.25) is 0 Å². The van der Waals surface area contributed by atoms with Gasteiger partial charge in [0, 0.05) is 24.7 Å². The Hall–Kier alpha value is -1.61. The van der Waals surface area contributed by atoms with E-state index in [1.165, 1.54) is 6.42 Å². The molecule has 1 aliphatic rings. The lowest BCUT2D eigenvalue weighted by Crippen LogP contribution is -2.39. The lowest BCUT2D eigenvalue weighted by Gasteiger charge is -2.31. The van der Waals surface area contributed by atoms with Crippen LogP contribution in [0, 0.1) is 5.92 Å². The zero-order valence-electron chi connectivity index (χ0n) is 11.5. The fourth-order valence-corrected chi connectivity index (χ4v) is 3.09. The Kier molecular flexibility index (Phi) is 3.62. The van der Waals surface area contributed by atoms with Crippen LogP contribution in [0.25, 0.3) is 10.8 Å². The van der Waals surface area contributed by atoms with Crippen molar-refractivity contribution >= 4 is 28.3 Å². The van der Waals surface area contributed by atoms with Gasteiger partial charge in [0.05, 0.1) is 5.56 Å². The molecule has 1 aliphatic heterocycles. The molecular formula is C16H17ClN2O. The topological polar surface area (TPSA) is 33.2 Å². The molecule has 1 amide bonds. The second-order valence-corrected chi connectivity index (χ2v) is 5.86. The Morgan fingerprint density at radius 2 is 2.10 bits per heavy atom. The zero-order valence-corrected chi connectivity index (χ0v) is 12.2. The smallest absolute Gasteiger partial charge is 0.256 e. The Labute approximate surface area is 123 Å². The summed E-state index contributed by atoms with van der Waals surface area (Å²) < 4.78 is 0. The number of amides is 1. The molecule has 1 atom stereocenters.